The van der Waals surface area contributed by atoms with Crippen LogP contribution in [-0.4, -0.2) is 36.9 Å². The number of amides is 1. The second kappa shape index (κ2) is 10.8. The third-order valence-electron chi connectivity index (χ3n) is 5.92. The maximum absolute atomic E-state index is 13.4. The standard InChI is InChI=1S/C26H34N2O3S/c1-4-6-16-27(17-7-5-2)26(29)19-28-18-25(23-14-10-11-15-24(23)28)32(30,31)20-22-13-9-8-12-21(22)3/h8-15,18H,4-7,16-17,19-20H2,1-3H3. The number of hydrogen-bond acceptors (Lipinski definition) is 3. The molecule has 2 aromatic carbocycles. The number of carbonyl (C=O) groups excluding carboxylic acids is 1. The predicted molar refractivity (Wildman–Crippen MR) is 130 cm³/mol. The van der Waals surface area contributed by atoms with E-state index in [4.69, 9.17) is 0 Å². The van der Waals surface area contributed by atoms with Crippen molar-refractivity contribution in [3.8, 4) is 0 Å². The van der Waals surface area contributed by atoms with Crippen molar-refractivity contribution < 1.29 is 13.2 Å². The van der Waals surface area contributed by atoms with Crippen LogP contribution in [-0.2, 0) is 26.9 Å². The van der Waals surface area contributed by atoms with Crippen molar-refractivity contribution in [1.82, 2.24) is 9.47 Å². The molecule has 172 valence electrons. The van der Waals surface area contributed by atoms with Gasteiger partial charge in [-0.25, -0.2) is 8.42 Å². The fraction of sp³-hybridized carbons (Fsp3) is 0.423. The summed E-state index contributed by atoms with van der Waals surface area (Å²) in [7, 11) is -3.57. The highest BCUT2D eigenvalue weighted by Gasteiger charge is 2.23. The summed E-state index contributed by atoms with van der Waals surface area (Å²) in [5, 5.41) is 0.669. The molecule has 0 fully saturated rings. The Hall–Kier alpha value is -2.60. The van der Waals surface area contributed by atoms with Crippen LogP contribution in [0.25, 0.3) is 10.9 Å². The van der Waals surface area contributed by atoms with Crippen LogP contribution in [0.5, 0.6) is 0 Å². The zero-order valence-electron chi connectivity index (χ0n) is 19.4. The van der Waals surface area contributed by atoms with Crippen molar-refractivity contribution in [2.24, 2.45) is 0 Å². The Labute approximate surface area is 192 Å². The van der Waals surface area contributed by atoms with Crippen LogP contribution in [0.15, 0.2) is 59.6 Å². The van der Waals surface area contributed by atoms with Crippen molar-refractivity contribution in [3.63, 3.8) is 0 Å². The molecule has 0 saturated heterocycles. The lowest BCUT2D eigenvalue weighted by molar-refractivity contribution is -0.131. The molecule has 6 heteroatoms. The summed E-state index contributed by atoms with van der Waals surface area (Å²) in [4.78, 5) is 15.3. The van der Waals surface area contributed by atoms with Gasteiger partial charge in [-0.2, -0.15) is 0 Å². The molecule has 1 heterocycles. The van der Waals surface area contributed by atoms with Crippen molar-refractivity contribution >= 4 is 26.6 Å². The molecule has 0 bridgehead atoms. The van der Waals surface area contributed by atoms with Gasteiger partial charge in [-0.1, -0.05) is 69.2 Å². The molecule has 3 aromatic rings. The van der Waals surface area contributed by atoms with Crippen LogP contribution >= 0.6 is 0 Å². The molecule has 0 N–H and O–H groups in total. The first-order valence-corrected chi connectivity index (χ1v) is 13.2. The van der Waals surface area contributed by atoms with Crippen LogP contribution < -0.4 is 0 Å². The van der Waals surface area contributed by atoms with Gasteiger partial charge in [0.15, 0.2) is 9.84 Å². The third kappa shape index (κ3) is 5.60. The normalized spacial score (nSPS) is 11.7. The number of fused-ring (bicyclic) bond motifs is 1. The molecule has 0 radical (unpaired) electrons. The highest BCUT2D eigenvalue weighted by atomic mass is 32.2. The molecule has 0 aliphatic heterocycles. The third-order valence-corrected chi connectivity index (χ3v) is 7.60. The van der Waals surface area contributed by atoms with Crippen LogP contribution in [0.2, 0.25) is 0 Å². The van der Waals surface area contributed by atoms with E-state index in [1.807, 2.05) is 60.4 Å². The van der Waals surface area contributed by atoms with E-state index in [-0.39, 0.29) is 23.1 Å². The van der Waals surface area contributed by atoms with E-state index in [1.54, 1.807) is 10.8 Å². The molecule has 3 rings (SSSR count). The second-order valence-electron chi connectivity index (χ2n) is 8.41. The number of carbonyl (C=O) groups is 1. The van der Waals surface area contributed by atoms with Gasteiger partial charge in [0.2, 0.25) is 5.91 Å². The smallest absolute Gasteiger partial charge is 0.242 e. The monoisotopic (exact) mass is 454 g/mol. The average molecular weight is 455 g/mol. The molecule has 1 amide bonds. The Kier molecular flexibility index (Phi) is 8.13. The minimum Gasteiger partial charge on any atom is -0.341 e. The van der Waals surface area contributed by atoms with Crippen molar-refractivity contribution in [1.29, 1.82) is 0 Å². The van der Waals surface area contributed by atoms with E-state index in [9.17, 15) is 13.2 Å². The minimum atomic E-state index is -3.57. The van der Waals surface area contributed by atoms with Gasteiger partial charge in [0.25, 0.3) is 0 Å². The Morgan fingerprint density at radius 3 is 2.22 bits per heavy atom. The van der Waals surface area contributed by atoms with E-state index in [0.29, 0.717) is 5.39 Å². The van der Waals surface area contributed by atoms with E-state index >= 15 is 0 Å². The number of unbranched alkanes of at least 4 members (excludes halogenated alkanes) is 2. The van der Waals surface area contributed by atoms with Gasteiger partial charge in [-0.05, 0) is 37.0 Å². The molecule has 5 nitrogen and oxygen atoms in total. The quantitative estimate of drug-likeness (QED) is 0.392. The largest absolute Gasteiger partial charge is 0.341 e. The molecule has 32 heavy (non-hydrogen) atoms. The summed E-state index contributed by atoms with van der Waals surface area (Å²) in [6, 6.07) is 15.0. The lowest BCUT2D eigenvalue weighted by Gasteiger charge is -2.23. The molecular weight excluding hydrogens is 420 g/mol. The fourth-order valence-electron chi connectivity index (χ4n) is 3.95. The highest BCUT2D eigenvalue weighted by molar-refractivity contribution is 7.90. The summed E-state index contributed by atoms with van der Waals surface area (Å²) in [6.07, 6.45) is 5.65. The Morgan fingerprint density at radius 2 is 1.56 bits per heavy atom. The number of hydrogen-bond donors (Lipinski definition) is 0. The predicted octanol–water partition coefficient (Wildman–Crippen LogP) is 5.35. The molecule has 0 saturated carbocycles. The number of para-hydroxylation sites is 1. The minimum absolute atomic E-state index is 0.0375. The second-order valence-corrected chi connectivity index (χ2v) is 10.4. The number of aromatic nitrogens is 1. The van der Waals surface area contributed by atoms with Crippen LogP contribution in [0.3, 0.4) is 0 Å². The van der Waals surface area contributed by atoms with Gasteiger partial charge in [0.05, 0.1) is 10.6 Å². The summed E-state index contributed by atoms with van der Waals surface area (Å²) >= 11 is 0. The van der Waals surface area contributed by atoms with Gasteiger partial charge < -0.3 is 9.47 Å². The van der Waals surface area contributed by atoms with Gasteiger partial charge in [0.1, 0.15) is 6.54 Å². The van der Waals surface area contributed by atoms with Gasteiger partial charge in [0, 0.05) is 30.2 Å². The van der Waals surface area contributed by atoms with Gasteiger partial charge in [-0.3, -0.25) is 4.79 Å². The van der Waals surface area contributed by atoms with Crippen LogP contribution in [0, 0.1) is 6.92 Å². The molecule has 0 aliphatic rings. The molecule has 1 aromatic heterocycles. The zero-order chi connectivity index (χ0) is 23.1. The fourth-order valence-corrected chi connectivity index (χ4v) is 5.64. The van der Waals surface area contributed by atoms with E-state index in [1.165, 1.54) is 0 Å². The van der Waals surface area contributed by atoms with E-state index < -0.39 is 9.84 Å². The number of rotatable bonds is 11. The Balaban J connectivity index is 1.93. The summed E-state index contributed by atoms with van der Waals surface area (Å²) in [6.45, 7) is 7.79. The maximum atomic E-state index is 13.4. The average Bonchev–Trinajstić information content (AvgIpc) is 3.15. The SMILES string of the molecule is CCCCN(CCCC)C(=O)Cn1cc(S(=O)(=O)Cc2ccccc2C)c2ccccc21. The molecule has 0 unspecified atom stereocenters. The van der Waals surface area contributed by atoms with Gasteiger partial charge in [-0.15, -0.1) is 0 Å². The van der Waals surface area contributed by atoms with Crippen molar-refractivity contribution in [3.05, 3.63) is 65.9 Å². The Bertz CT molecular complexity index is 1160. The van der Waals surface area contributed by atoms with Crippen molar-refractivity contribution in [2.75, 3.05) is 13.1 Å². The number of sulfone groups is 1. The van der Waals surface area contributed by atoms with Crippen LogP contribution in [0.1, 0.15) is 50.7 Å². The first-order valence-electron chi connectivity index (χ1n) is 11.5. The zero-order valence-corrected chi connectivity index (χ0v) is 20.2. The molecule has 0 aliphatic carbocycles. The lowest BCUT2D eigenvalue weighted by atomic mass is 10.1. The van der Waals surface area contributed by atoms with E-state index in [2.05, 4.69) is 13.8 Å². The number of aryl methyl sites for hydroxylation is 1. The molecular formula is C26H34N2O3S. The lowest BCUT2D eigenvalue weighted by Crippen LogP contribution is -2.35. The van der Waals surface area contributed by atoms with Crippen molar-refractivity contribution in [2.45, 2.75) is 63.6 Å². The summed E-state index contributed by atoms with van der Waals surface area (Å²) in [5.74, 6) is -0.0173. The summed E-state index contributed by atoms with van der Waals surface area (Å²) < 4.78 is 28.5. The number of benzene rings is 2. The molecule has 0 atom stereocenters. The molecule has 0 spiro atoms. The van der Waals surface area contributed by atoms with Gasteiger partial charge >= 0.3 is 0 Å². The van der Waals surface area contributed by atoms with E-state index in [0.717, 1.165) is 55.4 Å². The first-order chi connectivity index (χ1) is 15.4. The Morgan fingerprint density at radius 1 is 0.938 bits per heavy atom. The topological polar surface area (TPSA) is 59.4 Å². The first kappa shape index (κ1) is 24.1. The maximum Gasteiger partial charge on any atom is 0.242 e. The summed E-state index contributed by atoms with van der Waals surface area (Å²) in [5.41, 5.74) is 2.53. The highest BCUT2D eigenvalue weighted by Crippen LogP contribution is 2.28. The number of nitrogens with zero attached hydrogens (tertiary/aromatic N) is 2. The van der Waals surface area contributed by atoms with Crippen LogP contribution in [0.4, 0.5) is 0 Å².